The number of furan rings is 1. The van der Waals surface area contributed by atoms with Crippen molar-refractivity contribution in [3.05, 3.63) is 76.4 Å². The number of phenols is 1. The first-order valence-electron chi connectivity index (χ1n) is 7.50. The lowest BCUT2D eigenvalue weighted by Crippen LogP contribution is -2.26. The first kappa shape index (κ1) is 14.7. The van der Waals surface area contributed by atoms with Crippen LogP contribution >= 0.6 is 11.3 Å². The summed E-state index contributed by atoms with van der Waals surface area (Å²) in [6.07, 6.45) is 2.07. The molecule has 0 spiro atoms. The standard InChI is InChI=1S/C18H14N2O3S/c21-15-6-2-1-5-12(15)13-11-14(16-7-3-9-23-16)20(19-13)18(22)17-8-4-10-24-17/h1-10,14,21H,11H2/t14-/m1/s1. The number of hydrazone groups is 1. The molecule has 2 aromatic heterocycles. The summed E-state index contributed by atoms with van der Waals surface area (Å²) >= 11 is 1.38. The van der Waals surface area contributed by atoms with Crippen molar-refractivity contribution in [3.8, 4) is 5.75 Å². The average molecular weight is 338 g/mol. The number of benzene rings is 1. The number of amides is 1. The first-order chi connectivity index (χ1) is 11.7. The maximum atomic E-state index is 12.8. The third-order valence-corrected chi connectivity index (χ3v) is 4.79. The van der Waals surface area contributed by atoms with Crippen molar-refractivity contribution in [2.45, 2.75) is 12.5 Å². The maximum absolute atomic E-state index is 12.8. The Balaban J connectivity index is 1.74. The highest BCUT2D eigenvalue weighted by Gasteiger charge is 2.36. The smallest absolute Gasteiger partial charge is 0.284 e. The second kappa shape index (κ2) is 5.98. The van der Waals surface area contributed by atoms with Crippen molar-refractivity contribution < 1.29 is 14.3 Å². The largest absolute Gasteiger partial charge is 0.507 e. The van der Waals surface area contributed by atoms with Gasteiger partial charge in [0, 0.05) is 12.0 Å². The van der Waals surface area contributed by atoms with Gasteiger partial charge in [0.25, 0.3) is 5.91 Å². The Morgan fingerprint density at radius 2 is 2.08 bits per heavy atom. The van der Waals surface area contributed by atoms with Crippen molar-refractivity contribution in [1.29, 1.82) is 0 Å². The Morgan fingerprint density at radius 3 is 2.79 bits per heavy atom. The van der Waals surface area contributed by atoms with Crippen LogP contribution in [0.3, 0.4) is 0 Å². The third-order valence-electron chi connectivity index (χ3n) is 3.94. The molecule has 0 saturated carbocycles. The molecule has 3 heterocycles. The van der Waals surface area contributed by atoms with Gasteiger partial charge in [-0.3, -0.25) is 4.79 Å². The van der Waals surface area contributed by atoms with Gasteiger partial charge in [0.05, 0.1) is 16.9 Å². The second-order valence-corrected chi connectivity index (χ2v) is 6.37. The summed E-state index contributed by atoms with van der Waals surface area (Å²) in [6, 6.07) is 13.9. The number of para-hydroxylation sites is 1. The fourth-order valence-corrected chi connectivity index (χ4v) is 3.45. The van der Waals surface area contributed by atoms with E-state index in [4.69, 9.17) is 4.42 Å². The molecule has 1 aromatic carbocycles. The summed E-state index contributed by atoms with van der Waals surface area (Å²) in [4.78, 5) is 13.4. The van der Waals surface area contributed by atoms with E-state index in [2.05, 4.69) is 5.10 Å². The highest BCUT2D eigenvalue weighted by atomic mass is 32.1. The van der Waals surface area contributed by atoms with E-state index in [1.807, 2.05) is 23.6 Å². The third kappa shape index (κ3) is 2.51. The molecule has 0 unspecified atom stereocenters. The molecular weight excluding hydrogens is 324 g/mol. The predicted octanol–water partition coefficient (Wildman–Crippen LogP) is 4.04. The van der Waals surface area contributed by atoms with Gasteiger partial charge in [0.2, 0.25) is 0 Å². The topological polar surface area (TPSA) is 66.0 Å². The number of thiophene rings is 1. The monoisotopic (exact) mass is 338 g/mol. The minimum Gasteiger partial charge on any atom is -0.507 e. The Labute approximate surface area is 142 Å². The number of hydrogen-bond donors (Lipinski definition) is 1. The van der Waals surface area contributed by atoms with Crippen LogP contribution in [0.5, 0.6) is 5.75 Å². The number of phenolic OH excluding ortho intramolecular Hbond substituents is 1. The Kier molecular flexibility index (Phi) is 3.66. The van der Waals surface area contributed by atoms with Gasteiger partial charge >= 0.3 is 0 Å². The van der Waals surface area contributed by atoms with Gasteiger partial charge < -0.3 is 9.52 Å². The van der Waals surface area contributed by atoms with E-state index in [9.17, 15) is 9.90 Å². The molecule has 1 atom stereocenters. The summed E-state index contributed by atoms with van der Waals surface area (Å²) in [5.41, 5.74) is 1.30. The van der Waals surface area contributed by atoms with E-state index in [0.717, 1.165) is 0 Å². The molecule has 0 bridgehead atoms. The van der Waals surface area contributed by atoms with Crippen LogP contribution < -0.4 is 0 Å². The minimum absolute atomic E-state index is 0.153. The van der Waals surface area contributed by atoms with Crippen LogP contribution in [0.4, 0.5) is 0 Å². The summed E-state index contributed by atoms with van der Waals surface area (Å²) in [5, 5.41) is 17.9. The van der Waals surface area contributed by atoms with Gasteiger partial charge in [0.15, 0.2) is 0 Å². The van der Waals surface area contributed by atoms with Crippen molar-refractivity contribution >= 4 is 23.0 Å². The molecule has 3 aromatic rings. The quantitative estimate of drug-likeness (QED) is 0.784. The number of aromatic hydroxyl groups is 1. The summed E-state index contributed by atoms with van der Waals surface area (Å²) in [6.45, 7) is 0. The molecule has 1 N–H and O–H groups in total. The van der Waals surface area contributed by atoms with Crippen LogP contribution in [-0.2, 0) is 0 Å². The van der Waals surface area contributed by atoms with Crippen molar-refractivity contribution in [1.82, 2.24) is 5.01 Å². The summed E-state index contributed by atoms with van der Waals surface area (Å²) in [5.74, 6) is 0.658. The lowest BCUT2D eigenvalue weighted by molar-refractivity contribution is 0.0698. The fraction of sp³-hybridized carbons (Fsp3) is 0.111. The maximum Gasteiger partial charge on any atom is 0.284 e. The Morgan fingerprint density at radius 1 is 1.21 bits per heavy atom. The van der Waals surface area contributed by atoms with E-state index < -0.39 is 0 Å². The molecule has 5 nitrogen and oxygen atoms in total. The van der Waals surface area contributed by atoms with Crippen LogP contribution in [-0.4, -0.2) is 21.7 Å². The molecule has 24 heavy (non-hydrogen) atoms. The van der Waals surface area contributed by atoms with Gasteiger partial charge in [-0.05, 0) is 35.7 Å². The zero-order valence-electron chi connectivity index (χ0n) is 12.6. The van der Waals surface area contributed by atoms with E-state index in [1.54, 1.807) is 36.6 Å². The number of rotatable bonds is 3. The fourth-order valence-electron chi connectivity index (χ4n) is 2.79. The van der Waals surface area contributed by atoms with Gasteiger partial charge in [-0.25, -0.2) is 5.01 Å². The van der Waals surface area contributed by atoms with Crippen LogP contribution in [0.15, 0.2) is 69.7 Å². The van der Waals surface area contributed by atoms with E-state index in [-0.39, 0.29) is 17.7 Å². The SMILES string of the molecule is O=C(c1cccs1)N1N=C(c2ccccc2O)C[C@@H]1c1ccco1. The van der Waals surface area contributed by atoms with E-state index in [0.29, 0.717) is 28.3 Å². The average Bonchev–Trinajstić information content (AvgIpc) is 3.34. The van der Waals surface area contributed by atoms with Gasteiger partial charge in [-0.2, -0.15) is 5.10 Å². The number of carbonyl (C=O) groups is 1. The molecule has 120 valence electrons. The zero-order chi connectivity index (χ0) is 16.5. The number of hydrogen-bond acceptors (Lipinski definition) is 5. The summed E-state index contributed by atoms with van der Waals surface area (Å²) in [7, 11) is 0. The van der Waals surface area contributed by atoms with Crippen LogP contribution in [0.1, 0.15) is 33.5 Å². The second-order valence-electron chi connectivity index (χ2n) is 5.43. The van der Waals surface area contributed by atoms with Crippen molar-refractivity contribution in [2.24, 2.45) is 5.10 Å². The molecule has 0 saturated heterocycles. The van der Waals surface area contributed by atoms with E-state index in [1.165, 1.54) is 16.3 Å². The Bertz CT molecular complexity index is 885. The Hall–Kier alpha value is -2.86. The minimum atomic E-state index is -0.316. The van der Waals surface area contributed by atoms with E-state index >= 15 is 0 Å². The molecule has 0 aliphatic carbocycles. The van der Waals surface area contributed by atoms with Crippen molar-refractivity contribution in [3.63, 3.8) is 0 Å². The molecular formula is C18H14N2O3S. The predicted molar refractivity (Wildman–Crippen MR) is 91.2 cm³/mol. The van der Waals surface area contributed by atoms with Crippen molar-refractivity contribution in [2.75, 3.05) is 0 Å². The van der Waals surface area contributed by atoms with Gasteiger partial charge in [-0.15, -0.1) is 11.3 Å². The lowest BCUT2D eigenvalue weighted by atomic mass is 10.0. The molecule has 1 aliphatic heterocycles. The van der Waals surface area contributed by atoms with Gasteiger partial charge in [0.1, 0.15) is 17.6 Å². The highest BCUT2D eigenvalue weighted by molar-refractivity contribution is 7.12. The molecule has 1 aliphatic rings. The number of nitrogens with zero attached hydrogens (tertiary/aromatic N) is 2. The first-order valence-corrected chi connectivity index (χ1v) is 8.38. The van der Waals surface area contributed by atoms with Crippen LogP contribution in [0, 0.1) is 0 Å². The molecule has 0 radical (unpaired) electrons. The molecule has 0 fully saturated rings. The van der Waals surface area contributed by atoms with Gasteiger partial charge in [-0.1, -0.05) is 18.2 Å². The lowest BCUT2D eigenvalue weighted by Gasteiger charge is -2.18. The highest BCUT2D eigenvalue weighted by Crippen LogP contribution is 2.36. The van der Waals surface area contributed by atoms with Crippen LogP contribution in [0.2, 0.25) is 0 Å². The molecule has 1 amide bonds. The number of carbonyl (C=O) groups excluding carboxylic acids is 1. The summed E-state index contributed by atoms with van der Waals surface area (Å²) < 4.78 is 5.50. The normalized spacial score (nSPS) is 17.1. The molecule has 6 heteroatoms. The zero-order valence-corrected chi connectivity index (χ0v) is 13.4. The van der Waals surface area contributed by atoms with Crippen LogP contribution in [0.25, 0.3) is 0 Å². The molecule has 4 rings (SSSR count).